The van der Waals surface area contributed by atoms with E-state index in [4.69, 9.17) is 9.47 Å². The summed E-state index contributed by atoms with van der Waals surface area (Å²) in [4.78, 5) is 17.2. The summed E-state index contributed by atoms with van der Waals surface area (Å²) in [5, 5.41) is 2.99. The predicted molar refractivity (Wildman–Crippen MR) is 106 cm³/mol. The zero-order valence-electron chi connectivity index (χ0n) is 15.1. The number of carbonyl (C=O) groups excluding carboxylic acids is 1. The van der Waals surface area contributed by atoms with E-state index in [0.29, 0.717) is 19.8 Å². The molecule has 0 aliphatic carbocycles. The summed E-state index contributed by atoms with van der Waals surface area (Å²) < 4.78 is 13.1. The summed E-state index contributed by atoms with van der Waals surface area (Å²) >= 11 is 1.69. The van der Waals surface area contributed by atoms with Crippen molar-refractivity contribution in [1.82, 2.24) is 14.9 Å². The van der Waals surface area contributed by atoms with E-state index in [9.17, 15) is 4.79 Å². The number of ether oxygens (including phenoxy) is 2. The molecule has 0 atom stereocenters. The van der Waals surface area contributed by atoms with Gasteiger partial charge in [0.2, 0.25) is 5.91 Å². The Bertz CT molecular complexity index is 970. The number of imidazole rings is 1. The Morgan fingerprint density at radius 2 is 2.00 bits per heavy atom. The zero-order chi connectivity index (χ0) is 18.6. The maximum Gasteiger partial charge on any atom is 0.240 e. The van der Waals surface area contributed by atoms with Crippen LogP contribution in [0.2, 0.25) is 0 Å². The monoisotopic (exact) mass is 383 g/mol. The molecule has 1 aliphatic rings. The van der Waals surface area contributed by atoms with Crippen molar-refractivity contribution in [1.29, 1.82) is 0 Å². The molecule has 2 aromatic carbocycles. The van der Waals surface area contributed by atoms with Crippen molar-refractivity contribution in [2.75, 3.05) is 19.5 Å². The number of amides is 1. The van der Waals surface area contributed by atoms with Gasteiger partial charge in [-0.15, -0.1) is 0 Å². The van der Waals surface area contributed by atoms with Gasteiger partial charge >= 0.3 is 0 Å². The standard InChI is InChI=1S/C20H21N3O3S/c1-27-13-19-22-15-4-2-3-5-16(15)23(19)12-20(24)21-11-14-6-7-17-18(10-14)26-9-8-25-17/h2-7,10H,8-9,11-13H2,1H3,(H,21,24). The second-order valence-electron chi connectivity index (χ2n) is 6.29. The van der Waals surface area contributed by atoms with Crippen LogP contribution in [-0.4, -0.2) is 34.9 Å². The molecule has 1 N–H and O–H groups in total. The van der Waals surface area contributed by atoms with Gasteiger partial charge in [-0.2, -0.15) is 11.8 Å². The Morgan fingerprint density at radius 1 is 1.19 bits per heavy atom. The van der Waals surface area contributed by atoms with Gasteiger partial charge in [0.25, 0.3) is 0 Å². The lowest BCUT2D eigenvalue weighted by Crippen LogP contribution is -2.27. The van der Waals surface area contributed by atoms with Crippen molar-refractivity contribution >= 4 is 28.7 Å². The third-order valence-electron chi connectivity index (χ3n) is 4.41. The molecular weight excluding hydrogens is 362 g/mol. The van der Waals surface area contributed by atoms with E-state index in [1.165, 1.54) is 0 Å². The Labute approximate surface area is 161 Å². The van der Waals surface area contributed by atoms with Gasteiger partial charge in [-0.3, -0.25) is 4.79 Å². The summed E-state index contributed by atoms with van der Waals surface area (Å²) in [6.45, 7) is 1.82. The number of fused-ring (bicyclic) bond motifs is 2. The number of hydrogen-bond acceptors (Lipinski definition) is 5. The smallest absolute Gasteiger partial charge is 0.240 e. The summed E-state index contributed by atoms with van der Waals surface area (Å²) in [6.07, 6.45) is 2.03. The van der Waals surface area contributed by atoms with Gasteiger partial charge in [-0.05, 0) is 36.1 Å². The minimum atomic E-state index is -0.0459. The molecule has 140 valence electrons. The third kappa shape index (κ3) is 3.88. The molecule has 1 amide bonds. The van der Waals surface area contributed by atoms with Crippen LogP contribution in [0.25, 0.3) is 11.0 Å². The maximum atomic E-state index is 12.6. The van der Waals surface area contributed by atoms with E-state index in [1.807, 2.05) is 53.3 Å². The van der Waals surface area contributed by atoms with E-state index < -0.39 is 0 Å². The largest absolute Gasteiger partial charge is 0.486 e. The number of hydrogen-bond donors (Lipinski definition) is 1. The van der Waals surface area contributed by atoms with Crippen LogP contribution in [0.3, 0.4) is 0 Å². The number of nitrogens with one attached hydrogen (secondary N) is 1. The predicted octanol–water partition coefficient (Wildman–Crippen LogP) is 2.99. The number of carbonyl (C=O) groups is 1. The molecule has 4 rings (SSSR count). The fourth-order valence-corrected chi connectivity index (χ4v) is 3.62. The molecule has 6 nitrogen and oxygen atoms in total. The van der Waals surface area contributed by atoms with Crippen LogP contribution in [0, 0.1) is 0 Å². The summed E-state index contributed by atoms with van der Waals surface area (Å²) in [6, 6.07) is 13.7. The average molecular weight is 383 g/mol. The van der Waals surface area contributed by atoms with Gasteiger partial charge in [0.05, 0.1) is 16.8 Å². The van der Waals surface area contributed by atoms with Gasteiger partial charge < -0.3 is 19.4 Å². The molecule has 2 heterocycles. The van der Waals surface area contributed by atoms with E-state index >= 15 is 0 Å². The van der Waals surface area contributed by atoms with Crippen molar-refractivity contribution < 1.29 is 14.3 Å². The maximum absolute atomic E-state index is 12.6. The molecule has 3 aromatic rings. The highest BCUT2D eigenvalue weighted by molar-refractivity contribution is 7.97. The first-order valence-corrected chi connectivity index (χ1v) is 10.2. The molecule has 27 heavy (non-hydrogen) atoms. The van der Waals surface area contributed by atoms with Crippen molar-refractivity contribution in [2.24, 2.45) is 0 Å². The quantitative estimate of drug-likeness (QED) is 0.709. The minimum Gasteiger partial charge on any atom is -0.486 e. The number of rotatable bonds is 6. The van der Waals surface area contributed by atoms with Gasteiger partial charge in [0.1, 0.15) is 25.6 Å². The van der Waals surface area contributed by atoms with Crippen LogP contribution in [0.15, 0.2) is 42.5 Å². The molecule has 7 heteroatoms. The third-order valence-corrected chi connectivity index (χ3v) is 4.95. The lowest BCUT2D eigenvalue weighted by molar-refractivity contribution is -0.121. The molecule has 0 unspecified atom stereocenters. The van der Waals surface area contributed by atoms with E-state index in [2.05, 4.69) is 10.3 Å². The lowest BCUT2D eigenvalue weighted by atomic mass is 10.2. The number of para-hydroxylation sites is 2. The molecule has 0 radical (unpaired) electrons. The highest BCUT2D eigenvalue weighted by Gasteiger charge is 2.14. The first kappa shape index (κ1) is 17.7. The van der Waals surface area contributed by atoms with Crippen molar-refractivity contribution in [3.05, 3.63) is 53.9 Å². The summed E-state index contributed by atoms with van der Waals surface area (Å²) in [5.41, 5.74) is 2.88. The SMILES string of the molecule is CSCc1nc2ccccc2n1CC(=O)NCc1ccc2c(c1)OCCO2. The molecule has 0 saturated heterocycles. The molecular formula is C20H21N3O3S. The Kier molecular flexibility index (Phi) is 5.20. The number of benzene rings is 2. The normalized spacial score (nSPS) is 12.9. The molecule has 0 saturated carbocycles. The molecule has 0 fully saturated rings. The molecule has 0 bridgehead atoms. The fraction of sp³-hybridized carbons (Fsp3) is 0.300. The first-order chi connectivity index (χ1) is 13.2. The fourth-order valence-electron chi connectivity index (χ4n) is 3.14. The second-order valence-corrected chi connectivity index (χ2v) is 7.16. The number of nitrogens with zero attached hydrogens (tertiary/aromatic N) is 2. The summed E-state index contributed by atoms with van der Waals surface area (Å²) in [5.74, 6) is 3.12. The van der Waals surface area contributed by atoms with Gasteiger partial charge in [-0.25, -0.2) is 4.98 Å². The Hall–Kier alpha value is -2.67. The van der Waals surface area contributed by atoms with E-state index in [0.717, 1.165) is 39.7 Å². The Balaban J connectivity index is 1.45. The zero-order valence-corrected chi connectivity index (χ0v) is 15.9. The molecule has 0 spiro atoms. The lowest BCUT2D eigenvalue weighted by Gasteiger charge is -2.19. The van der Waals surface area contributed by atoms with Gasteiger partial charge in [0, 0.05) is 6.54 Å². The number of aromatic nitrogens is 2. The van der Waals surface area contributed by atoms with Gasteiger partial charge in [-0.1, -0.05) is 18.2 Å². The van der Waals surface area contributed by atoms with Crippen molar-refractivity contribution in [3.63, 3.8) is 0 Å². The van der Waals surface area contributed by atoms with Crippen LogP contribution in [0.1, 0.15) is 11.4 Å². The van der Waals surface area contributed by atoms with E-state index in [-0.39, 0.29) is 12.5 Å². The van der Waals surface area contributed by atoms with Crippen LogP contribution in [-0.2, 0) is 23.6 Å². The van der Waals surface area contributed by atoms with Gasteiger partial charge in [0.15, 0.2) is 11.5 Å². The molecule has 1 aliphatic heterocycles. The van der Waals surface area contributed by atoms with Crippen molar-refractivity contribution in [3.8, 4) is 11.5 Å². The topological polar surface area (TPSA) is 65.4 Å². The first-order valence-electron chi connectivity index (χ1n) is 8.83. The van der Waals surface area contributed by atoms with Crippen LogP contribution >= 0.6 is 11.8 Å². The summed E-state index contributed by atoms with van der Waals surface area (Å²) in [7, 11) is 0. The van der Waals surface area contributed by atoms with Crippen molar-refractivity contribution in [2.45, 2.75) is 18.8 Å². The average Bonchev–Trinajstić information content (AvgIpc) is 3.04. The minimum absolute atomic E-state index is 0.0459. The highest BCUT2D eigenvalue weighted by Crippen LogP contribution is 2.30. The number of thioether (sulfide) groups is 1. The molecule has 1 aromatic heterocycles. The van der Waals surface area contributed by atoms with Crippen LogP contribution < -0.4 is 14.8 Å². The Morgan fingerprint density at radius 3 is 2.85 bits per heavy atom. The second kappa shape index (κ2) is 7.92. The highest BCUT2D eigenvalue weighted by atomic mass is 32.2. The van der Waals surface area contributed by atoms with Crippen LogP contribution in [0.4, 0.5) is 0 Å². The van der Waals surface area contributed by atoms with E-state index in [1.54, 1.807) is 11.8 Å². The van der Waals surface area contributed by atoms with Crippen LogP contribution in [0.5, 0.6) is 11.5 Å².